The van der Waals surface area contributed by atoms with Gasteiger partial charge in [-0.1, -0.05) is 48.0 Å². The zero-order chi connectivity index (χ0) is 15.2. The second-order valence-electron chi connectivity index (χ2n) is 5.27. The van der Waals surface area contributed by atoms with Gasteiger partial charge in [-0.15, -0.1) is 0 Å². The number of amides is 1. The molecule has 3 nitrogen and oxygen atoms in total. The number of aryl methyl sites for hydroxylation is 2. The largest absolute Gasteiger partial charge is 0.396 e. The summed E-state index contributed by atoms with van der Waals surface area (Å²) in [5.74, 6) is -0.102. The number of nitrogens with one attached hydrogen (secondary N) is 1. The Morgan fingerprint density at radius 3 is 2.48 bits per heavy atom. The van der Waals surface area contributed by atoms with E-state index in [2.05, 4.69) is 5.32 Å². The summed E-state index contributed by atoms with van der Waals surface area (Å²) in [6.45, 7) is 3.98. The molecule has 2 N–H and O–H groups in total. The molecule has 1 atom stereocenters. The molecule has 0 aliphatic heterocycles. The molecule has 3 heteroatoms. The van der Waals surface area contributed by atoms with Crippen LogP contribution in [-0.4, -0.2) is 17.6 Å². The molecule has 1 unspecified atom stereocenters. The number of hydrogen-bond acceptors (Lipinski definition) is 2. The molecule has 0 saturated heterocycles. The average molecular weight is 283 g/mol. The Balaban J connectivity index is 2.18. The molecule has 0 aromatic heterocycles. The van der Waals surface area contributed by atoms with E-state index in [-0.39, 0.29) is 18.6 Å². The molecule has 2 aromatic rings. The van der Waals surface area contributed by atoms with Crippen LogP contribution in [-0.2, 0) is 0 Å². The van der Waals surface area contributed by atoms with Crippen molar-refractivity contribution in [3.63, 3.8) is 0 Å². The summed E-state index contributed by atoms with van der Waals surface area (Å²) >= 11 is 0. The molecule has 0 heterocycles. The highest BCUT2D eigenvalue weighted by Gasteiger charge is 2.16. The van der Waals surface area contributed by atoms with E-state index in [1.807, 2.05) is 62.4 Å². The van der Waals surface area contributed by atoms with Crippen LogP contribution in [0.5, 0.6) is 0 Å². The van der Waals surface area contributed by atoms with E-state index in [9.17, 15) is 9.90 Å². The molecule has 1 amide bonds. The highest BCUT2D eigenvalue weighted by Crippen LogP contribution is 2.18. The number of carbonyl (C=O) groups is 1. The molecule has 0 aliphatic carbocycles. The molecule has 21 heavy (non-hydrogen) atoms. The first-order valence-electron chi connectivity index (χ1n) is 7.15. The van der Waals surface area contributed by atoms with Crippen molar-refractivity contribution in [3.05, 3.63) is 70.8 Å². The minimum Gasteiger partial charge on any atom is -0.396 e. The number of rotatable bonds is 5. The maximum atomic E-state index is 12.4. The van der Waals surface area contributed by atoms with Crippen LogP contribution in [0.3, 0.4) is 0 Å². The Morgan fingerprint density at radius 1 is 1.14 bits per heavy atom. The summed E-state index contributed by atoms with van der Waals surface area (Å²) in [4.78, 5) is 12.4. The van der Waals surface area contributed by atoms with Gasteiger partial charge in [0, 0.05) is 12.2 Å². The third-order valence-corrected chi connectivity index (χ3v) is 3.55. The van der Waals surface area contributed by atoms with E-state index < -0.39 is 0 Å². The van der Waals surface area contributed by atoms with E-state index in [4.69, 9.17) is 0 Å². The molecule has 2 rings (SSSR count). The fourth-order valence-corrected chi connectivity index (χ4v) is 2.44. The van der Waals surface area contributed by atoms with E-state index in [1.165, 1.54) is 0 Å². The Kier molecular flexibility index (Phi) is 5.12. The standard InChI is InChI=1S/C18H21NO2/c1-13-8-9-16(14(2)12-13)18(21)19-17(10-11-20)15-6-4-3-5-7-15/h3-9,12,17,20H,10-11H2,1-2H3,(H,19,21). The van der Waals surface area contributed by atoms with Crippen molar-refractivity contribution in [1.29, 1.82) is 0 Å². The minimum atomic E-state index is -0.176. The summed E-state index contributed by atoms with van der Waals surface area (Å²) in [6.07, 6.45) is 0.501. The smallest absolute Gasteiger partial charge is 0.252 e. The highest BCUT2D eigenvalue weighted by molar-refractivity contribution is 5.95. The lowest BCUT2D eigenvalue weighted by Crippen LogP contribution is -2.29. The quantitative estimate of drug-likeness (QED) is 0.885. The number of benzene rings is 2. The summed E-state index contributed by atoms with van der Waals surface area (Å²) in [6, 6.07) is 15.3. The maximum absolute atomic E-state index is 12.4. The van der Waals surface area contributed by atoms with Crippen LogP contribution in [0.15, 0.2) is 48.5 Å². The van der Waals surface area contributed by atoms with E-state index in [0.717, 1.165) is 16.7 Å². The zero-order valence-electron chi connectivity index (χ0n) is 12.5. The minimum absolute atomic E-state index is 0.0344. The normalized spacial score (nSPS) is 12.0. The first-order valence-corrected chi connectivity index (χ1v) is 7.15. The van der Waals surface area contributed by atoms with Gasteiger partial charge in [0.2, 0.25) is 0 Å². The summed E-state index contributed by atoms with van der Waals surface area (Å²) < 4.78 is 0. The predicted octanol–water partition coefficient (Wildman–Crippen LogP) is 3.16. The second-order valence-corrected chi connectivity index (χ2v) is 5.27. The summed E-state index contributed by atoms with van der Waals surface area (Å²) in [7, 11) is 0. The van der Waals surface area contributed by atoms with Crippen LogP contribution in [0.4, 0.5) is 0 Å². The maximum Gasteiger partial charge on any atom is 0.252 e. The molecule has 0 spiro atoms. The lowest BCUT2D eigenvalue weighted by atomic mass is 10.0. The highest BCUT2D eigenvalue weighted by atomic mass is 16.3. The van der Waals surface area contributed by atoms with Crippen LogP contribution in [0, 0.1) is 13.8 Å². The molecular weight excluding hydrogens is 262 g/mol. The van der Waals surface area contributed by atoms with Crippen LogP contribution >= 0.6 is 0 Å². The van der Waals surface area contributed by atoms with Gasteiger partial charge in [-0.25, -0.2) is 0 Å². The van der Waals surface area contributed by atoms with Crippen molar-refractivity contribution in [1.82, 2.24) is 5.32 Å². The molecular formula is C18H21NO2. The van der Waals surface area contributed by atoms with Crippen LogP contribution in [0.1, 0.15) is 39.5 Å². The Bertz CT molecular complexity index is 608. The topological polar surface area (TPSA) is 49.3 Å². The first-order chi connectivity index (χ1) is 10.1. The second kappa shape index (κ2) is 7.04. The molecule has 0 saturated carbocycles. The molecule has 110 valence electrons. The van der Waals surface area contributed by atoms with Gasteiger partial charge in [0.1, 0.15) is 0 Å². The fourth-order valence-electron chi connectivity index (χ4n) is 2.44. The number of hydrogen-bond donors (Lipinski definition) is 2. The van der Waals surface area contributed by atoms with Crippen molar-refractivity contribution < 1.29 is 9.90 Å². The monoisotopic (exact) mass is 283 g/mol. The van der Waals surface area contributed by atoms with E-state index >= 15 is 0 Å². The molecule has 2 aromatic carbocycles. The zero-order valence-corrected chi connectivity index (χ0v) is 12.5. The lowest BCUT2D eigenvalue weighted by Gasteiger charge is -2.19. The van der Waals surface area contributed by atoms with Gasteiger partial charge in [-0.05, 0) is 37.5 Å². The summed E-state index contributed by atoms with van der Waals surface area (Å²) in [5.41, 5.74) is 3.78. The van der Waals surface area contributed by atoms with Gasteiger partial charge >= 0.3 is 0 Å². The van der Waals surface area contributed by atoms with Gasteiger partial charge in [0.25, 0.3) is 5.91 Å². The average Bonchev–Trinajstić information content (AvgIpc) is 2.47. The third kappa shape index (κ3) is 3.92. The Hall–Kier alpha value is -2.13. The number of carbonyl (C=O) groups excluding carboxylic acids is 1. The Labute approximate surface area is 125 Å². The van der Waals surface area contributed by atoms with Gasteiger partial charge in [0.15, 0.2) is 0 Å². The Morgan fingerprint density at radius 2 is 1.86 bits per heavy atom. The van der Waals surface area contributed by atoms with Crippen molar-refractivity contribution in [2.24, 2.45) is 0 Å². The van der Waals surface area contributed by atoms with Crippen LogP contribution in [0.25, 0.3) is 0 Å². The fraction of sp³-hybridized carbons (Fsp3) is 0.278. The van der Waals surface area contributed by atoms with Gasteiger partial charge < -0.3 is 10.4 Å². The first kappa shape index (κ1) is 15.3. The molecule has 0 fully saturated rings. The lowest BCUT2D eigenvalue weighted by molar-refractivity contribution is 0.0929. The van der Waals surface area contributed by atoms with Crippen molar-refractivity contribution in [3.8, 4) is 0 Å². The van der Waals surface area contributed by atoms with Gasteiger partial charge in [0.05, 0.1) is 6.04 Å². The predicted molar refractivity (Wildman–Crippen MR) is 84.3 cm³/mol. The molecule has 0 aliphatic rings. The molecule has 0 radical (unpaired) electrons. The third-order valence-electron chi connectivity index (χ3n) is 3.55. The number of aliphatic hydroxyl groups is 1. The number of aliphatic hydroxyl groups excluding tert-OH is 1. The summed E-state index contributed by atoms with van der Waals surface area (Å²) in [5, 5.41) is 12.2. The van der Waals surface area contributed by atoms with Crippen LogP contribution < -0.4 is 5.32 Å². The van der Waals surface area contributed by atoms with E-state index in [0.29, 0.717) is 12.0 Å². The van der Waals surface area contributed by atoms with E-state index in [1.54, 1.807) is 0 Å². The van der Waals surface area contributed by atoms with Crippen molar-refractivity contribution in [2.75, 3.05) is 6.61 Å². The van der Waals surface area contributed by atoms with Crippen molar-refractivity contribution >= 4 is 5.91 Å². The van der Waals surface area contributed by atoms with Crippen LogP contribution in [0.2, 0.25) is 0 Å². The SMILES string of the molecule is Cc1ccc(C(=O)NC(CCO)c2ccccc2)c(C)c1. The van der Waals surface area contributed by atoms with Crippen molar-refractivity contribution in [2.45, 2.75) is 26.3 Å². The van der Waals surface area contributed by atoms with Gasteiger partial charge in [-0.3, -0.25) is 4.79 Å². The molecule has 0 bridgehead atoms. The van der Waals surface area contributed by atoms with Gasteiger partial charge in [-0.2, -0.15) is 0 Å².